The van der Waals surface area contributed by atoms with Gasteiger partial charge in [-0.3, -0.25) is 0 Å². The van der Waals surface area contributed by atoms with Crippen molar-refractivity contribution in [2.24, 2.45) is 0 Å². The van der Waals surface area contributed by atoms with Crippen LogP contribution in [0, 0.1) is 13.8 Å². The summed E-state index contributed by atoms with van der Waals surface area (Å²) < 4.78 is 5.57. The standard InChI is InChI=1S/C15H24O2/c1-11-6-7-13(8-12(11)2)9-14(16)10-17-15(3,4)5/h6-8,14,16H,9-10H2,1-5H3. The zero-order valence-corrected chi connectivity index (χ0v) is 11.6. The molecule has 1 aromatic carbocycles. The van der Waals surface area contributed by atoms with E-state index < -0.39 is 6.10 Å². The van der Waals surface area contributed by atoms with Crippen molar-refractivity contribution in [1.82, 2.24) is 0 Å². The molecule has 0 radical (unpaired) electrons. The fraction of sp³-hybridized carbons (Fsp3) is 0.600. The van der Waals surface area contributed by atoms with E-state index in [1.165, 1.54) is 11.1 Å². The number of rotatable bonds is 4. The lowest BCUT2D eigenvalue weighted by Gasteiger charge is -2.22. The number of aliphatic hydroxyl groups is 1. The highest BCUT2D eigenvalue weighted by atomic mass is 16.5. The molecule has 0 saturated heterocycles. The Morgan fingerprint density at radius 2 is 1.82 bits per heavy atom. The van der Waals surface area contributed by atoms with Gasteiger partial charge in [-0.15, -0.1) is 0 Å². The van der Waals surface area contributed by atoms with E-state index in [9.17, 15) is 5.11 Å². The first kappa shape index (κ1) is 14.2. The Kier molecular flexibility index (Phi) is 4.72. The summed E-state index contributed by atoms with van der Waals surface area (Å²) in [5.41, 5.74) is 3.53. The Labute approximate surface area is 105 Å². The van der Waals surface area contributed by atoms with Crippen molar-refractivity contribution in [3.05, 3.63) is 34.9 Å². The van der Waals surface area contributed by atoms with Crippen LogP contribution in [-0.2, 0) is 11.2 Å². The van der Waals surface area contributed by atoms with Crippen LogP contribution in [0.3, 0.4) is 0 Å². The van der Waals surface area contributed by atoms with E-state index in [1.807, 2.05) is 20.8 Å². The number of aliphatic hydroxyl groups excluding tert-OH is 1. The van der Waals surface area contributed by atoms with E-state index in [0.717, 1.165) is 5.56 Å². The SMILES string of the molecule is Cc1ccc(CC(O)COC(C)(C)C)cc1C. The molecule has 1 N–H and O–H groups in total. The highest BCUT2D eigenvalue weighted by Gasteiger charge is 2.14. The van der Waals surface area contributed by atoms with Crippen LogP contribution >= 0.6 is 0 Å². The topological polar surface area (TPSA) is 29.5 Å². The van der Waals surface area contributed by atoms with E-state index in [4.69, 9.17) is 4.74 Å². The average molecular weight is 236 g/mol. The molecule has 1 unspecified atom stereocenters. The summed E-state index contributed by atoms with van der Waals surface area (Å²) in [7, 11) is 0. The maximum absolute atomic E-state index is 9.90. The largest absolute Gasteiger partial charge is 0.390 e. The molecule has 1 aromatic rings. The summed E-state index contributed by atoms with van der Waals surface area (Å²) >= 11 is 0. The molecule has 0 aliphatic carbocycles. The number of benzene rings is 1. The van der Waals surface area contributed by atoms with E-state index in [-0.39, 0.29) is 5.60 Å². The summed E-state index contributed by atoms with van der Waals surface area (Å²) in [4.78, 5) is 0. The molecule has 0 aliphatic rings. The van der Waals surface area contributed by atoms with Gasteiger partial charge in [-0.1, -0.05) is 18.2 Å². The summed E-state index contributed by atoms with van der Waals surface area (Å²) in [6, 6.07) is 6.31. The summed E-state index contributed by atoms with van der Waals surface area (Å²) in [5.74, 6) is 0. The number of hydrogen-bond donors (Lipinski definition) is 1. The number of aryl methyl sites for hydroxylation is 2. The van der Waals surface area contributed by atoms with Gasteiger partial charge >= 0.3 is 0 Å². The minimum Gasteiger partial charge on any atom is -0.390 e. The summed E-state index contributed by atoms with van der Waals surface area (Å²) in [6.45, 7) is 10.6. The first-order chi connectivity index (χ1) is 7.78. The van der Waals surface area contributed by atoms with Crippen molar-refractivity contribution < 1.29 is 9.84 Å². The van der Waals surface area contributed by atoms with Crippen molar-refractivity contribution in [3.63, 3.8) is 0 Å². The van der Waals surface area contributed by atoms with Crippen LogP contribution in [-0.4, -0.2) is 23.4 Å². The number of hydrogen-bond acceptors (Lipinski definition) is 2. The van der Waals surface area contributed by atoms with Crippen LogP contribution in [0.5, 0.6) is 0 Å². The van der Waals surface area contributed by atoms with Crippen molar-refractivity contribution >= 4 is 0 Å². The van der Waals surface area contributed by atoms with Crippen LogP contribution < -0.4 is 0 Å². The molecule has 0 heterocycles. The Hall–Kier alpha value is -0.860. The van der Waals surface area contributed by atoms with E-state index in [2.05, 4.69) is 32.0 Å². The lowest BCUT2D eigenvalue weighted by molar-refractivity contribution is -0.0482. The van der Waals surface area contributed by atoms with Gasteiger partial charge < -0.3 is 9.84 Å². The van der Waals surface area contributed by atoms with Gasteiger partial charge in [0, 0.05) is 6.42 Å². The van der Waals surface area contributed by atoms with Gasteiger partial charge in [0.05, 0.1) is 18.3 Å². The van der Waals surface area contributed by atoms with Crippen LogP contribution in [0.25, 0.3) is 0 Å². The minimum atomic E-state index is -0.434. The lowest BCUT2D eigenvalue weighted by Crippen LogP contribution is -2.27. The van der Waals surface area contributed by atoms with Crippen molar-refractivity contribution in [1.29, 1.82) is 0 Å². The Balaban J connectivity index is 2.50. The molecule has 2 nitrogen and oxygen atoms in total. The van der Waals surface area contributed by atoms with Gasteiger partial charge in [-0.2, -0.15) is 0 Å². The van der Waals surface area contributed by atoms with E-state index in [1.54, 1.807) is 0 Å². The average Bonchev–Trinajstić information content (AvgIpc) is 2.20. The molecule has 0 spiro atoms. The summed E-state index contributed by atoms with van der Waals surface area (Å²) in [6.07, 6.45) is 0.216. The maximum Gasteiger partial charge on any atom is 0.0814 e. The molecule has 2 heteroatoms. The van der Waals surface area contributed by atoms with E-state index >= 15 is 0 Å². The molecule has 1 atom stereocenters. The fourth-order valence-corrected chi connectivity index (χ4v) is 1.61. The molecular formula is C15H24O2. The Morgan fingerprint density at radius 3 is 2.35 bits per heavy atom. The first-order valence-corrected chi connectivity index (χ1v) is 6.16. The molecule has 96 valence electrons. The fourth-order valence-electron chi connectivity index (χ4n) is 1.61. The second-order valence-electron chi connectivity index (χ2n) is 5.70. The molecule has 0 saturated carbocycles. The molecule has 0 aromatic heterocycles. The van der Waals surface area contributed by atoms with Crippen molar-refractivity contribution in [2.45, 2.75) is 52.7 Å². The number of ether oxygens (including phenoxy) is 1. The molecule has 0 fully saturated rings. The second-order valence-corrected chi connectivity index (χ2v) is 5.70. The highest BCUT2D eigenvalue weighted by molar-refractivity contribution is 5.30. The van der Waals surface area contributed by atoms with Crippen LogP contribution in [0.15, 0.2) is 18.2 Å². The monoisotopic (exact) mass is 236 g/mol. The Morgan fingerprint density at radius 1 is 1.18 bits per heavy atom. The van der Waals surface area contributed by atoms with E-state index in [0.29, 0.717) is 13.0 Å². The third-order valence-electron chi connectivity index (χ3n) is 2.75. The Bertz CT molecular complexity index is 364. The van der Waals surface area contributed by atoms with Gasteiger partial charge in [-0.25, -0.2) is 0 Å². The van der Waals surface area contributed by atoms with Crippen LogP contribution in [0.2, 0.25) is 0 Å². The minimum absolute atomic E-state index is 0.190. The smallest absolute Gasteiger partial charge is 0.0814 e. The normalized spacial score (nSPS) is 13.8. The van der Waals surface area contributed by atoms with Gasteiger partial charge in [0.2, 0.25) is 0 Å². The maximum atomic E-state index is 9.90. The molecule has 17 heavy (non-hydrogen) atoms. The third kappa shape index (κ3) is 5.33. The molecule has 0 amide bonds. The lowest BCUT2D eigenvalue weighted by atomic mass is 10.0. The van der Waals surface area contributed by atoms with Crippen molar-refractivity contribution in [2.75, 3.05) is 6.61 Å². The zero-order valence-electron chi connectivity index (χ0n) is 11.6. The molecule has 0 aliphatic heterocycles. The van der Waals surface area contributed by atoms with Crippen LogP contribution in [0.4, 0.5) is 0 Å². The molecule has 0 bridgehead atoms. The second kappa shape index (κ2) is 5.65. The van der Waals surface area contributed by atoms with Gasteiger partial charge in [0.25, 0.3) is 0 Å². The molecule has 1 rings (SSSR count). The predicted molar refractivity (Wildman–Crippen MR) is 71.3 cm³/mol. The highest BCUT2D eigenvalue weighted by Crippen LogP contribution is 2.13. The molecular weight excluding hydrogens is 212 g/mol. The van der Waals surface area contributed by atoms with Gasteiger partial charge in [0.15, 0.2) is 0 Å². The zero-order chi connectivity index (χ0) is 13.1. The van der Waals surface area contributed by atoms with Crippen molar-refractivity contribution in [3.8, 4) is 0 Å². The third-order valence-corrected chi connectivity index (χ3v) is 2.75. The summed E-state index contributed by atoms with van der Waals surface area (Å²) in [5, 5.41) is 9.90. The van der Waals surface area contributed by atoms with Gasteiger partial charge in [-0.05, 0) is 51.3 Å². The van der Waals surface area contributed by atoms with Crippen LogP contribution in [0.1, 0.15) is 37.5 Å². The first-order valence-electron chi connectivity index (χ1n) is 6.16. The quantitative estimate of drug-likeness (QED) is 0.870. The predicted octanol–water partition coefficient (Wildman–Crippen LogP) is 3.02. The van der Waals surface area contributed by atoms with Gasteiger partial charge in [0.1, 0.15) is 0 Å².